The second kappa shape index (κ2) is 9.40. The third kappa shape index (κ3) is 5.00. The molecule has 2 heterocycles. The smallest absolute Gasteiger partial charge is 0.409 e. The molecule has 6 nitrogen and oxygen atoms in total. The number of carbonyl (C=O) groups excluding carboxylic acids is 2. The van der Waals surface area contributed by atoms with Crippen LogP contribution in [0.3, 0.4) is 0 Å². The van der Waals surface area contributed by atoms with Crippen LogP contribution in [0.25, 0.3) is 0 Å². The second-order valence-electron chi connectivity index (χ2n) is 7.74. The zero-order valence-corrected chi connectivity index (χ0v) is 16.1. The summed E-state index contributed by atoms with van der Waals surface area (Å²) in [7, 11) is 0. The number of hydrogen-bond donors (Lipinski definition) is 0. The van der Waals surface area contributed by atoms with E-state index in [2.05, 4.69) is 17.1 Å². The molecule has 146 valence electrons. The highest BCUT2D eigenvalue weighted by Crippen LogP contribution is 2.24. The summed E-state index contributed by atoms with van der Waals surface area (Å²) in [5.41, 5.74) is 0. The Bertz CT molecular complexity index is 506. The fourth-order valence-corrected chi connectivity index (χ4v) is 4.33. The number of carbonyl (C=O) groups is 2. The lowest BCUT2D eigenvalue weighted by Crippen LogP contribution is -2.53. The van der Waals surface area contributed by atoms with E-state index in [1.807, 2.05) is 11.8 Å². The molecule has 0 saturated carbocycles. The molecule has 0 aromatic carbocycles. The van der Waals surface area contributed by atoms with Gasteiger partial charge in [0.05, 0.1) is 6.61 Å². The lowest BCUT2D eigenvalue weighted by atomic mass is 9.91. The molecule has 2 amide bonds. The van der Waals surface area contributed by atoms with E-state index in [4.69, 9.17) is 4.74 Å². The Morgan fingerprint density at radius 3 is 2.27 bits per heavy atom. The quantitative estimate of drug-likeness (QED) is 0.720. The first kappa shape index (κ1) is 19.2. The minimum atomic E-state index is -0.259. The summed E-state index contributed by atoms with van der Waals surface area (Å²) >= 11 is 0. The van der Waals surface area contributed by atoms with Crippen molar-refractivity contribution in [2.75, 3.05) is 52.4 Å². The zero-order chi connectivity index (χ0) is 18.4. The Morgan fingerprint density at radius 1 is 0.962 bits per heavy atom. The molecule has 0 aromatic heterocycles. The molecule has 0 bridgehead atoms. The molecule has 0 unspecified atom stereocenters. The number of nitrogens with zero attached hydrogens (tertiary/aromatic N) is 3. The molecule has 1 aliphatic carbocycles. The average molecular weight is 364 g/mol. The average Bonchev–Trinajstić information content (AvgIpc) is 2.69. The number of piperidine rings is 1. The third-order valence-electron chi connectivity index (χ3n) is 5.95. The van der Waals surface area contributed by atoms with Crippen LogP contribution in [0.15, 0.2) is 12.2 Å². The van der Waals surface area contributed by atoms with Crippen LogP contribution >= 0.6 is 0 Å². The first-order valence-electron chi connectivity index (χ1n) is 10.2. The summed E-state index contributed by atoms with van der Waals surface area (Å²) in [6.45, 7) is 7.90. The SMILES string of the molecule is CCOC(=O)N1CCN(C(=O)C2CCN(C[C@@H]3CC=CCC3)CC2)CC1. The lowest BCUT2D eigenvalue weighted by Gasteiger charge is -2.38. The van der Waals surface area contributed by atoms with Crippen LogP contribution in [0.2, 0.25) is 0 Å². The monoisotopic (exact) mass is 363 g/mol. The van der Waals surface area contributed by atoms with Crippen molar-refractivity contribution in [1.82, 2.24) is 14.7 Å². The molecular weight excluding hydrogens is 330 g/mol. The van der Waals surface area contributed by atoms with Crippen LogP contribution in [0.4, 0.5) is 4.79 Å². The minimum absolute atomic E-state index is 0.159. The molecule has 6 heteroatoms. The van der Waals surface area contributed by atoms with Crippen molar-refractivity contribution in [1.29, 1.82) is 0 Å². The molecule has 3 aliphatic rings. The number of allylic oxidation sites excluding steroid dienone is 2. The van der Waals surface area contributed by atoms with E-state index in [0.29, 0.717) is 32.8 Å². The van der Waals surface area contributed by atoms with Crippen molar-refractivity contribution in [3.63, 3.8) is 0 Å². The van der Waals surface area contributed by atoms with Gasteiger partial charge >= 0.3 is 6.09 Å². The maximum atomic E-state index is 12.8. The van der Waals surface area contributed by atoms with Gasteiger partial charge in [-0.05, 0) is 58.0 Å². The van der Waals surface area contributed by atoms with Crippen LogP contribution in [-0.4, -0.2) is 79.1 Å². The van der Waals surface area contributed by atoms with Crippen molar-refractivity contribution >= 4 is 12.0 Å². The molecule has 0 N–H and O–H groups in total. The van der Waals surface area contributed by atoms with Gasteiger partial charge in [-0.3, -0.25) is 4.79 Å². The van der Waals surface area contributed by atoms with Gasteiger partial charge in [0.25, 0.3) is 0 Å². The molecule has 2 saturated heterocycles. The summed E-state index contributed by atoms with van der Waals surface area (Å²) in [4.78, 5) is 30.8. The van der Waals surface area contributed by atoms with Crippen molar-refractivity contribution < 1.29 is 14.3 Å². The van der Waals surface area contributed by atoms with Gasteiger partial charge in [0, 0.05) is 38.6 Å². The van der Waals surface area contributed by atoms with Crippen LogP contribution in [0, 0.1) is 11.8 Å². The largest absolute Gasteiger partial charge is 0.450 e. The summed E-state index contributed by atoms with van der Waals surface area (Å²) in [6, 6.07) is 0. The number of amides is 2. The van der Waals surface area contributed by atoms with E-state index < -0.39 is 0 Å². The molecule has 26 heavy (non-hydrogen) atoms. The zero-order valence-electron chi connectivity index (χ0n) is 16.1. The Kier molecular flexibility index (Phi) is 6.94. The predicted molar refractivity (Wildman–Crippen MR) is 101 cm³/mol. The van der Waals surface area contributed by atoms with Crippen molar-refractivity contribution in [2.45, 2.75) is 39.0 Å². The Balaban J connectivity index is 1.38. The molecule has 3 rings (SSSR count). The fraction of sp³-hybridized carbons (Fsp3) is 0.800. The Hall–Kier alpha value is -1.56. The first-order chi connectivity index (χ1) is 12.7. The molecular formula is C20H33N3O3. The summed E-state index contributed by atoms with van der Waals surface area (Å²) in [5.74, 6) is 1.24. The highest BCUT2D eigenvalue weighted by molar-refractivity contribution is 5.79. The topological polar surface area (TPSA) is 53.1 Å². The maximum Gasteiger partial charge on any atom is 0.409 e. The van der Waals surface area contributed by atoms with Gasteiger partial charge in [0.2, 0.25) is 5.91 Å². The highest BCUT2D eigenvalue weighted by Gasteiger charge is 2.32. The van der Waals surface area contributed by atoms with Crippen LogP contribution in [0.5, 0.6) is 0 Å². The van der Waals surface area contributed by atoms with Gasteiger partial charge in [-0.15, -0.1) is 0 Å². The van der Waals surface area contributed by atoms with Gasteiger partial charge in [0.15, 0.2) is 0 Å². The summed E-state index contributed by atoms with van der Waals surface area (Å²) in [5, 5.41) is 0. The predicted octanol–water partition coefficient (Wildman–Crippen LogP) is 2.36. The second-order valence-corrected chi connectivity index (χ2v) is 7.74. The number of likely N-dealkylation sites (tertiary alicyclic amines) is 1. The normalized spacial score (nSPS) is 25.3. The molecule has 0 radical (unpaired) electrons. The highest BCUT2D eigenvalue weighted by atomic mass is 16.6. The van der Waals surface area contributed by atoms with Gasteiger partial charge in [-0.1, -0.05) is 12.2 Å². The van der Waals surface area contributed by atoms with E-state index in [0.717, 1.165) is 31.8 Å². The molecule has 0 aromatic rings. The van der Waals surface area contributed by atoms with E-state index >= 15 is 0 Å². The first-order valence-corrected chi connectivity index (χ1v) is 10.2. The standard InChI is InChI=1S/C20H33N3O3/c1-2-26-20(25)23-14-12-22(13-15-23)19(24)18-8-10-21(11-9-18)16-17-6-4-3-5-7-17/h3-4,17-18H,2,5-16H2,1H3/t17-/m1/s1. The number of ether oxygens (including phenoxy) is 1. The van der Waals surface area contributed by atoms with Gasteiger partial charge in [0.1, 0.15) is 0 Å². The Morgan fingerprint density at radius 2 is 1.65 bits per heavy atom. The number of piperazine rings is 1. The van der Waals surface area contributed by atoms with Crippen LogP contribution in [-0.2, 0) is 9.53 Å². The van der Waals surface area contributed by atoms with E-state index in [1.165, 1.54) is 25.8 Å². The van der Waals surface area contributed by atoms with Crippen molar-refractivity contribution in [3.8, 4) is 0 Å². The molecule has 2 fully saturated rings. The minimum Gasteiger partial charge on any atom is -0.450 e. The molecule has 1 atom stereocenters. The molecule has 2 aliphatic heterocycles. The van der Waals surface area contributed by atoms with Crippen molar-refractivity contribution in [3.05, 3.63) is 12.2 Å². The molecule has 0 spiro atoms. The van der Waals surface area contributed by atoms with E-state index in [9.17, 15) is 9.59 Å². The van der Waals surface area contributed by atoms with E-state index in [1.54, 1.807) is 4.90 Å². The summed E-state index contributed by atoms with van der Waals surface area (Å²) < 4.78 is 5.04. The van der Waals surface area contributed by atoms with Gasteiger partial charge in [-0.25, -0.2) is 4.79 Å². The van der Waals surface area contributed by atoms with E-state index in [-0.39, 0.29) is 17.9 Å². The van der Waals surface area contributed by atoms with Crippen molar-refractivity contribution in [2.24, 2.45) is 11.8 Å². The van der Waals surface area contributed by atoms with Gasteiger partial charge < -0.3 is 19.4 Å². The third-order valence-corrected chi connectivity index (χ3v) is 5.95. The maximum absolute atomic E-state index is 12.8. The number of rotatable bonds is 4. The Labute approximate surface area is 157 Å². The fourth-order valence-electron chi connectivity index (χ4n) is 4.33. The van der Waals surface area contributed by atoms with Crippen LogP contribution in [0.1, 0.15) is 39.0 Å². The summed E-state index contributed by atoms with van der Waals surface area (Å²) in [6.07, 6.45) is 10.0. The van der Waals surface area contributed by atoms with Crippen LogP contribution < -0.4 is 0 Å². The number of hydrogen-bond acceptors (Lipinski definition) is 4. The lowest BCUT2D eigenvalue weighted by molar-refractivity contribution is -0.138. The van der Waals surface area contributed by atoms with Gasteiger partial charge in [-0.2, -0.15) is 0 Å².